The number of hydrogen-bond acceptors (Lipinski definition) is 5. The zero-order valence-electron chi connectivity index (χ0n) is 18.4. The van der Waals surface area contributed by atoms with Gasteiger partial charge in [-0.1, -0.05) is 74.5 Å². The molecule has 0 spiro atoms. The van der Waals surface area contributed by atoms with E-state index >= 15 is 0 Å². The number of hydrazone groups is 1. The summed E-state index contributed by atoms with van der Waals surface area (Å²) in [5.41, 5.74) is 4.78. The minimum atomic E-state index is -0.510. The van der Waals surface area contributed by atoms with E-state index in [2.05, 4.69) is 53.6 Å². The number of nitrogens with one attached hydrogen (secondary N) is 1. The molecule has 0 radical (unpaired) electrons. The third-order valence-electron chi connectivity index (χ3n) is 4.76. The number of benzene rings is 2. The molecule has 32 heavy (non-hydrogen) atoms. The normalized spacial score (nSPS) is 11.8. The molecule has 0 saturated heterocycles. The Morgan fingerprint density at radius 3 is 2.56 bits per heavy atom. The van der Waals surface area contributed by atoms with Gasteiger partial charge < -0.3 is 4.57 Å². The first-order valence-electron chi connectivity index (χ1n) is 10.1. The molecule has 168 valence electrons. The summed E-state index contributed by atoms with van der Waals surface area (Å²) < 4.78 is 15.7. The van der Waals surface area contributed by atoms with Crippen LogP contribution in [-0.2, 0) is 16.8 Å². The van der Waals surface area contributed by atoms with E-state index in [9.17, 15) is 9.18 Å². The minimum absolute atomic E-state index is 0.0748. The van der Waals surface area contributed by atoms with E-state index in [-0.39, 0.29) is 27.7 Å². The Bertz CT molecular complexity index is 1100. The molecule has 0 fully saturated rings. The lowest BCUT2D eigenvalue weighted by molar-refractivity contribution is -0.118. The van der Waals surface area contributed by atoms with Gasteiger partial charge in [0.05, 0.1) is 17.0 Å². The molecular formula is C23H25ClFN5OS. The lowest BCUT2D eigenvalue weighted by Crippen LogP contribution is -2.20. The average Bonchev–Trinajstić information content (AvgIpc) is 3.16. The number of thioether (sulfide) groups is 1. The number of aromatic nitrogens is 3. The molecule has 1 heterocycles. The molecule has 9 heteroatoms. The number of carbonyl (C=O) groups is 1. The van der Waals surface area contributed by atoms with Crippen LogP contribution in [0, 0.1) is 5.82 Å². The number of hydrogen-bond donors (Lipinski definition) is 1. The highest BCUT2D eigenvalue weighted by atomic mass is 35.5. The van der Waals surface area contributed by atoms with Crippen LogP contribution in [0.5, 0.6) is 0 Å². The Morgan fingerprint density at radius 2 is 1.94 bits per heavy atom. The summed E-state index contributed by atoms with van der Waals surface area (Å²) in [7, 11) is 0. The summed E-state index contributed by atoms with van der Waals surface area (Å²) in [4.78, 5) is 12.2. The zero-order valence-corrected chi connectivity index (χ0v) is 20.0. The van der Waals surface area contributed by atoms with Crippen molar-refractivity contribution in [3.05, 3.63) is 64.4 Å². The first-order chi connectivity index (χ1) is 15.2. The highest BCUT2D eigenvalue weighted by Gasteiger charge is 2.17. The van der Waals surface area contributed by atoms with Crippen LogP contribution in [0.2, 0.25) is 5.02 Å². The van der Waals surface area contributed by atoms with Crippen molar-refractivity contribution < 1.29 is 9.18 Å². The quantitative estimate of drug-likeness (QED) is 0.287. The highest BCUT2D eigenvalue weighted by molar-refractivity contribution is 7.99. The number of nitrogens with zero attached hydrogens (tertiary/aromatic N) is 4. The van der Waals surface area contributed by atoms with Crippen molar-refractivity contribution in [1.82, 2.24) is 20.2 Å². The molecule has 0 aliphatic carbocycles. The van der Waals surface area contributed by atoms with Gasteiger partial charge in [0.1, 0.15) is 5.82 Å². The number of rotatable bonds is 7. The van der Waals surface area contributed by atoms with Gasteiger partial charge in [-0.3, -0.25) is 4.79 Å². The zero-order chi connectivity index (χ0) is 23.3. The molecule has 3 rings (SSSR count). The number of amides is 1. The first-order valence-corrected chi connectivity index (χ1v) is 11.5. The first kappa shape index (κ1) is 23.9. The van der Waals surface area contributed by atoms with E-state index in [1.54, 1.807) is 6.07 Å². The Labute approximate surface area is 196 Å². The molecule has 0 aliphatic heterocycles. The second-order valence-corrected chi connectivity index (χ2v) is 9.44. The van der Waals surface area contributed by atoms with Crippen LogP contribution < -0.4 is 5.43 Å². The smallest absolute Gasteiger partial charge is 0.250 e. The maximum Gasteiger partial charge on any atom is 0.250 e. The Morgan fingerprint density at radius 1 is 1.22 bits per heavy atom. The van der Waals surface area contributed by atoms with Crippen molar-refractivity contribution in [2.75, 3.05) is 5.75 Å². The third kappa shape index (κ3) is 5.75. The maximum absolute atomic E-state index is 13.7. The van der Waals surface area contributed by atoms with Gasteiger partial charge >= 0.3 is 0 Å². The minimum Gasteiger partial charge on any atom is -0.302 e. The second kappa shape index (κ2) is 10.3. The molecule has 0 atom stereocenters. The molecule has 1 N–H and O–H groups in total. The summed E-state index contributed by atoms with van der Waals surface area (Å²) in [6.07, 6.45) is 1.19. The van der Waals surface area contributed by atoms with Crippen LogP contribution in [0.15, 0.2) is 52.7 Å². The second-order valence-electron chi connectivity index (χ2n) is 8.09. The molecule has 2 aromatic carbocycles. The molecular weight excluding hydrogens is 449 g/mol. The molecule has 3 aromatic rings. The monoisotopic (exact) mass is 473 g/mol. The standard InChI is InChI=1S/C23H25ClFN5OS/c1-5-30-21(15-9-11-16(12-10-15)23(2,3)4)28-29-22(30)32-14-20(31)27-26-13-17-18(24)7-6-8-19(17)25/h6-13H,5,14H2,1-4H3,(H,27,31)/b26-13-. The molecule has 1 amide bonds. The largest absolute Gasteiger partial charge is 0.302 e. The SMILES string of the molecule is CCn1c(SCC(=O)N/N=C\c2c(F)cccc2Cl)nnc1-c1ccc(C(C)(C)C)cc1. The predicted molar refractivity (Wildman–Crippen MR) is 128 cm³/mol. The van der Waals surface area contributed by atoms with Gasteiger partial charge in [-0.25, -0.2) is 9.82 Å². The lowest BCUT2D eigenvalue weighted by atomic mass is 9.87. The van der Waals surface area contributed by atoms with E-state index in [4.69, 9.17) is 11.6 Å². The van der Waals surface area contributed by atoms with Crippen LogP contribution in [0.25, 0.3) is 11.4 Å². The molecule has 0 bridgehead atoms. The van der Waals surface area contributed by atoms with Crippen LogP contribution in [0.3, 0.4) is 0 Å². The fourth-order valence-electron chi connectivity index (χ4n) is 2.98. The molecule has 0 saturated carbocycles. The Hall–Kier alpha value is -2.71. The number of halogens is 2. The van der Waals surface area contributed by atoms with Crippen molar-refractivity contribution >= 4 is 35.5 Å². The molecule has 6 nitrogen and oxygen atoms in total. The number of carbonyl (C=O) groups excluding carboxylic acids is 1. The Kier molecular flexibility index (Phi) is 7.69. The van der Waals surface area contributed by atoms with Gasteiger partial charge in [-0.05, 0) is 30.0 Å². The van der Waals surface area contributed by atoms with E-state index in [0.717, 1.165) is 11.4 Å². The van der Waals surface area contributed by atoms with E-state index in [0.29, 0.717) is 11.7 Å². The summed E-state index contributed by atoms with van der Waals surface area (Å²) in [6, 6.07) is 12.6. The van der Waals surface area contributed by atoms with Crippen LogP contribution in [0.1, 0.15) is 38.8 Å². The van der Waals surface area contributed by atoms with Gasteiger partial charge in [0.2, 0.25) is 0 Å². The topological polar surface area (TPSA) is 72.2 Å². The van der Waals surface area contributed by atoms with E-state index in [1.807, 2.05) is 23.6 Å². The predicted octanol–water partition coefficient (Wildman–Crippen LogP) is 5.30. The van der Waals surface area contributed by atoms with Gasteiger partial charge in [0.15, 0.2) is 11.0 Å². The molecule has 1 aromatic heterocycles. The van der Waals surface area contributed by atoms with Crippen LogP contribution in [0.4, 0.5) is 4.39 Å². The summed E-state index contributed by atoms with van der Waals surface area (Å²) in [5.74, 6) is -0.0174. The van der Waals surface area contributed by atoms with Crippen molar-refractivity contribution in [3.63, 3.8) is 0 Å². The van der Waals surface area contributed by atoms with E-state index < -0.39 is 5.82 Å². The molecule has 0 aliphatic rings. The highest BCUT2D eigenvalue weighted by Crippen LogP contribution is 2.27. The van der Waals surface area contributed by atoms with Crippen molar-refractivity contribution in [2.24, 2.45) is 5.10 Å². The van der Waals surface area contributed by atoms with Gasteiger partial charge in [-0.15, -0.1) is 10.2 Å². The van der Waals surface area contributed by atoms with Gasteiger partial charge in [-0.2, -0.15) is 5.10 Å². The van der Waals surface area contributed by atoms with Crippen molar-refractivity contribution in [2.45, 2.75) is 44.8 Å². The third-order valence-corrected chi connectivity index (χ3v) is 6.05. The summed E-state index contributed by atoms with van der Waals surface area (Å²) in [5, 5.41) is 13.2. The fraction of sp³-hybridized carbons (Fsp3) is 0.304. The van der Waals surface area contributed by atoms with Gasteiger partial charge in [0, 0.05) is 17.7 Å². The average molecular weight is 474 g/mol. The van der Waals surface area contributed by atoms with E-state index in [1.165, 1.54) is 35.7 Å². The van der Waals surface area contributed by atoms with Gasteiger partial charge in [0.25, 0.3) is 5.91 Å². The molecule has 0 unspecified atom stereocenters. The van der Waals surface area contributed by atoms with Crippen LogP contribution in [-0.4, -0.2) is 32.6 Å². The lowest BCUT2D eigenvalue weighted by Gasteiger charge is -2.19. The van der Waals surface area contributed by atoms with Crippen molar-refractivity contribution in [1.29, 1.82) is 0 Å². The Balaban J connectivity index is 1.64. The summed E-state index contributed by atoms with van der Waals surface area (Å²) in [6.45, 7) is 9.18. The fourth-order valence-corrected chi connectivity index (χ4v) is 3.99. The maximum atomic E-state index is 13.7. The summed E-state index contributed by atoms with van der Waals surface area (Å²) >= 11 is 7.20. The van der Waals surface area contributed by atoms with Crippen molar-refractivity contribution in [3.8, 4) is 11.4 Å². The van der Waals surface area contributed by atoms with Crippen LogP contribution >= 0.6 is 23.4 Å².